The van der Waals surface area contributed by atoms with Gasteiger partial charge in [0.1, 0.15) is 5.82 Å². The number of nitrogens with two attached hydrogens (primary N) is 1. The van der Waals surface area contributed by atoms with Crippen LogP contribution in [0, 0.1) is 5.92 Å². The summed E-state index contributed by atoms with van der Waals surface area (Å²) in [5.74, 6) is -0.314. The Morgan fingerprint density at radius 2 is 2.44 bits per heavy atom. The number of rotatable bonds is 3. The predicted molar refractivity (Wildman–Crippen MR) is 64.2 cm³/mol. The summed E-state index contributed by atoms with van der Waals surface area (Å²) in [4.78, 5) is 28.7. The Labute approximate surface area is 105 Å². The smallest absolute Gasteiger partial charge is 0.310 e. The molecule has 1 fully saturated rings. The standard InChI is InChI=1S/C12H15N3O3/c1-18-12(17)9-5-11(16)15(7-9)6-8-2-3-14-10(13)4-8/h2-4,9H,5-7H2,1H3,(H2,13,14). The average Bonchev–Trinajstić information content (AvgIpc) is 2.70. The molecule has 2 heterocycles. The third-order valence-corrected chi connectivity index (χ3v) is 2.97. The molecule has 0 spiro atoms. The van der Waals surface area contributed by atoms with Gasteiger partial charge in [-0.2, -0.15) is 0 Å². The summed E-state index contributed by atoms with van der Waals surface area (Å²) in [5.41, 5.74) is 6.48. The van der Waals surface area contributed by atoms with Crippen molar-refractivity contribution in [1.82, 2.24) is 9.88 Å². The second kappa shape index (κ2) is 5.03. The highest BCUT2D eigenvalue weighted by Gasteiger charge is 2.34. The van der Waals surface area contributed by atoms with Crippen LogP contribution in [0.25, 0.3) is 0 Å². The number of carbonyl (C=O) groups is 2. The van der Waals surface area contributed by atoms with Crippen LogP contribution in [0.4, 0.5) is 5.82 Å². The highest BCUT2D eigenvalue weighted by molar-refractivity contribution is 5.86. The zero-order valence-corrected chi connectivity index (χ0v) is 10.1. The van der Waals surface area contributed by atoms with E-state index in [-0.39, 0.29) is 24.2 Å². The summed E-state index contributed by atoms with van der Waals surface area (Å²) in [6.07, 6.45) is 1.82. The summed E-state index contributed by atoms with van der Waals surface area (Å²) in [5, 5.41) is 0. The second-order valence-electron chi connectivity index (χ2n) is 4.29. The van der Waals surface area contributed by atoms with Gasteiger partial charge in [0.05, 0.1) is 13.0 Å². The normalized spacial score (nSPS) is 19.1. The first-order chi connectivity index (χ1) is 8.60. The first-order valence-electron chi connectivity index (χ1n) is 5.66. The van der Waals surface area contributed by atoms with Crippen molar-refractivity contribution < 1.29 is 14.3 Å². The molecule has 1 atom stereocenters. The number of esters is 1. The molecule has 1 aliphatic rings. The van der Waals surface area contributed by atoms with Gasteiger partial charge in [-0.3, -0.25) is 9.59 Å². The molecule has 0 radical (unpaired) electrons. The lowest BCUT2D eigenvalue weighted by Crippen LogP contribution is -2.26. The van der Waals surface area contributed by atoms with E-state index < -0.39 is 0 Å². The third kappa shape index (κ3) is 2.58. The number of nitrogens with zero attached hydrogens (tertiary/aromatic N) is 2. The van der Waals surface area contributed by atoms with Crippen LogP contribution >= 0.6 is 0 Å². The minimum absolute atomic E-state index is 0.0409. The van der Waals surface area contributed by atoms with E-state index in [4.69, 9.17) is 5.73 Å². The van der Waals surface area contributed by atoms with Gasteiger partial charge in [0.15, 0.2) is 0 Å². The lowest BCUT2D eigenvalue weighted by Gasteiger charge is -2.16. The molecule has 1 saturated heterocycles. The van der Waals surface area contributed by atoms with Crippen molar-refractivity contribution in [2.75, 3.05) is 19.4 Å². The van der Waals surface area contributed by atoms with Crippen molar-refractivity contribution in [1.29, 1.82) is 0 Å². The number of ether oxygens (including phenoxy) is 1. The maximum absolute atomic E-state index is 11.8. The summed E-state index contributed by atoms with van der Waals surface area (Å²) in [6, 6.07) is 3.52. The molecule has 0 aromatic carbocycles. The van der Waals surface area contributed by atoms with Crippen LogP contribution in [0.3, 0.4) is 0 Å². The average molecular weight is 249 g/mol. The highest BCUT2D eigenvalue weighted by Crippen LogP contribution is 2.21. The molecular formula is C12H15N3O3. The SMILES string of the molecule is COC(=O)C1CC(=O)N(Cc2ccnc(N)c2)C1. The molecule has 1 amide bonds. The number of hydrogen-bond donors (Lipinski definition) is 1. The van der Waals surface area contributed by atoms with Crippen molar-refractivity contribution in [3.63, 3.8) is 0 Å². The fourth-order valence-electron chi connectivity index (χ4n) is 2.06. The van der Waals surface area contributed by atoms with Gasteiger partial charge in [-0.25, -0.2) is 4.98 Å². The minimum Gasteiger partial charge on any atom is -0.469 e. The van der Waals surface area contributed by atoms with Crippen LogP contribution in [-0.2, 0) is 20.9 Å². The Morgan fingerprint density at radius 3 is 3.11 bits per heavy atom. The lowest BCUT2D eigenvalue weighted by atomic mass is 10.1. The number of aromatic nitrogens is 1. The summed E-state index contributed by atoms with van der Waals surface area (Å²) >= 11 is 0. The van der Waals surface area contributed by atoms with E-state index >= 15 is 0 Å². The van der Waals surface area contributed by atoms with Crippen LogP contribution in [0.15, 0.2) is 18.3 Å². The van der Waals surface area contributed by atoms with Crippen molar-refractivity contribution in [2.24, 2.45) is 5.92 Å². The largest absolute Gasteiger partial charge is 0.469 e. The Bertz CT molecular complexity index is 475. The van der Waals surface area contributed by atoms with Gasteiger partial charge >= 0.3 is 5.97 Å². The summed E-state index contributed by atoms with van der Waals surface area (Å²) in [7, 11) is 1.33. The number of likely N-dealkylation sites (tertiary alicyclic amines) is 1. The molecule has 0 aliphatic carbocycles. The number of methoxy groups -OCH3 is 1. The Morgan fingerprint density at radius 1 is 1.67 bits per heavy atom. The van der Waals surface area contributed by atoms with Gasteiger partial charge in [0.2, 0.25) is 5.91 Å². The zero-order valence-electron chi connectivity index (χ0n) is 10.1. The highest BCUT2D eigenvalue weighted by atomic mass is 16.5. The topological polar surface area (TPSA) is 85.5 Å². The minimum atomic E-state index is -0.360. The first-order valence-corrected chi connectivity index (χ1v) is 5.66. The Kier molecular flexibility index (Phi) is 3.45. The number of carbonyl (C=O) groups excluding carboxylic acids is 2. The monoisotopic (exact) mass is 249 g/mol. The van der Waals surface area contributed by atoms with E-state index in [9.17, 15) is 9.59 Å². The van der Waals surface area contributed by atoms with Gasteiger partial charge in [-0.1, -0.05) is 0 Å². The Hall–Kier alpha value is -2.11. The Balaban J connectivity index is 2.02. The molecule has 2 N–H and O–H groups in total. The van der Waals surface area contributed by atoms with Crippen molar-refractivity contribution >= 4 is 17.7 Å². The molecule has 1 aromatic heterocycles. The second-order valence-corrected chi connectivity index (χ2v) is 4.29. The van der Waals surface area contributed by atoms with E-state index in [2.05, 4.69) is 9.72 Å². The maximum atomic E-state index is 11.8. The third-order valence-electron chi connectivity index (χ3n) is 2.97. The van der Waals surface area contributed by atoms with E-state index in [1.807, 2.05) is 0 Å². The van der Waals surface area contributed by atoms with Gasteiger partial charge in [0, 0.05) is 25.7 Å². The number of hydrogen-bond acceptors (Lipinski definition) is 5. The van der Waals surface area contributed by atoms with E-state index in [1.165, 1.54) is 7.11 Å². The molecule has 0 saturated carbocycles. The number of anilines is 1. The van der Waals surface area contributed by atoms with E-state index in [0.717, 1.165) is 5.56 Å². The van der Waals surface area contributed by atoms with Crippen LogP contribution in [-0.4, -0.2) is 35.4 Å². The quantitative estimate of drug-likeness (QED) is 0.773. The van der Waals surface area contributed by atoms with Gasteiger partial charge in [-0.05, 0) is 17.7 Å². The van der Waals surface area contributed by atoms with Crippen molar-refractivity contribution in [2.45, 2.75) is 13.0 Å². The molecule has 1 aliphatic heterocycles. The molecule has 6 nitrogen and oxygen atoms in total. The number of amides is 1. The first kappa shape index (κ1) is 12.3. The van der Waals surface area contributed by atoms with Crippen LogP contribution in [0.1, 0.15) is 12.0 Å². The number of nitrogen functional groups attached to an aromatic ring is 1. The van der Waals surface area contributed by atoms with Gasteiger partial charge in [0.25, 0.3) is 0 Å². The van der Waals surface area contributed by atoms with Crippen LogP contribution in [0.2, 0.25) is 0 Å². The lowest BCUT2D eigenvalue weighted by molar-refractivity contribution is -0.145. The number of pyridine rings is 1. The molecule has 1 unspecified atom stereocenters. The molecule has 18 heavy (non-hydrogen) atoms. The van der Waals surface area contributed by atoms with Gasteiger partial charge < -0.3 is 15.4 Å². The van der Waals surface area contributed by atoms with Crippen LogP contribution < -0.4 is 5.73 Å². The van der Waals surface area contributed by atoms with Gasteiger partial charge in [-0.15, -0.1) is 0 Å². The van der Waals surface area contributed by atoms with Crippen molar-refractivity contribution in [3.8, 4) is 0 Å². The molecule has 6 heteroatoms. The molecule has 2 rings (SSSR count). The van der Waals surface area contributed by atoms with E-state index in [1.54, 1.807) is 23.2 Å². The van der Waals surface area contributed by atoms with Crippen molar-refractivity contribution in [3.05, 3.63) is 23.9 Å². The predicted octanol–water partition coefficient (Wildman–Crippen LogP) is 0.185. The molecule has 0 bridgehead atoms. The maximum Gasteiger partial charge on any atom is 0.310 e. The van der Waals surface area contributed by atoms with Crippen LogP contribution in [0.5, 0.6) is 0 Å². The summed E-state index contributed by atoms with van der Waals surface area (Å²) < 4.78 is 4.65. The molecule has 1 aromatic rings. The molecular weight excluding hydrogens is 234 g/mol. The van der Waals surface area contributed by atoms with E-state index in [0.29, 0.717) is 18.9 Å². The zero-order chi connectivity index (χ0) is 13.1. The fourth-order valence-corrected chi connectivity index (χ4v) is 2.06. The summed E-state index contributed by atoms with van der Waals surface area (Å²) in [6.45, 7) is 0.840. The fraction of sp³-hybridized carbons (Fsp3) is 0.417. The molecule has 96 valence electrons.